The van der Waals surface area contributed by atoms with Gasteiger partial charge in [-0.05, 0) is 32.4 Å². The molecule has 0 aliphatic heterocycles. The maximum Gasteiger partial charge on any atom is 0.173 e. The molecule has 0 radical (unpaired) electrons. The number of pyridine rings is 1. The molecule has 5 nitrogen and oxygen atoms in total. The number of nitrogens with zero attached hydrogens (tertiary/aromatic N) is 3. The van der Waals surface area contributed by atoms with Gasteiger partial charge in [-0.3, -0.25) is 0 Å². The third-order valence-corrected chi connectivity index (χ3v) is 2.57. The SMILES string of the molecule is CCCN(CC)c1nc(C)ccc1C(N)=NO. The normalized spacial score (nSPS) is 11.6. The number of oxime groups is 1. The topological polar surface area (TPSA) is 74.7 Å². The van der Waals surface area contributed by atoms with E-state index in [9.17, 15) is 0 Å². The zero-order valence-corrected chi connectivity index (χ0v) is 10.6. The highest BCUT2D eigenvalue weighted by atomic mass is 16.4. The lowest BCUT2D eigenvalue weighted by Crippen LogP contribution is -2.28. The minimum Gasteiger partial charge on any atom is -0.409 e. The van der Waals surface area contributed by atoms with Gasteiger partial charge in [0.2, 0.25) is 0 Å². The van der Waals surface area contributed by atoms with Crippen molar-refractivity contribution < 1.29 is 5.21 Å². The molecule has 0 aliphatic carbocycles. The summed E-state index contributed by atoms with van der Waals surface area (Å²) in [5, 5.41) is 11.8. The largest absolute Gasteiger partial charge is 0.409 e. The number of rotatable bonds is 5. The molecule has 0 aliphatic rings. The maximum absolute atomic E-state index is 8.78. The average Bonchev–Trinajstić information content (AvgIpc) is 2.35. The summed E-state index contributed by atoms with van der Waals surface area (Å²) >= 11 is 0. The van der Waals surface area contributed by atoms with Gasteiger partial charge in [0.05, 0.1) is 5.56 Å². The minimum atomic E-state index is 0.0991. The van der Waals surface area contributed by atoms with Crippen LogP contribution in [0, 0.1) is 6.92 Å². The van der Waals surface area contributed by atoms with Gasteiger partial charge in [0.25, 0.3) is 0 Å². The van der Waals surface area contributed by atoms with Gasteiger partial charge < -0.3 is 15.8 Å². The molecule has 0 fully saturated rings. The molecule has 94 valence electrons. The predicted octanol–water partition coefficient (Wildman–Crippen LogP) is 1.72. The summed E-state index contributed by atoms with van der Waals surface area (Å²) in [6, 6.07) is 3.70. The maximum atomic E-state index is 8.78. The van der Waals surface area contributed by atoms with Crippen LogP contribution in [0.25, 0.3) is 0 Å². The second kappa shape index (κ2) is 6.08. The summed E-state index contributed by atoms with van der Waals surface area (Å²) in [6.07, 6.45) is 1.03. The van der Waals surface area contributed by atoms with Crippen molar-refractivity contribution >= 4 is 11.7 Å². The molecule has 17 heavy (non-hydrogen) atoms. The molecule has 0 amide bonds. The third kappa shape index (κ3) is 3.09. The molecule has 0 bridgehead atoms. The van der Waals surface area contributed by atoms with Crippen LogP contribution < -0.4 is 10.6 Å². The predicted molar refractivity (Wildman–Crippen MR) is 69.7 cm³/mol. The van der Waals surface area contributed by atoms with E-state index in [0.717, 1.165) is 31.0 Å². The first kappa shape index (κ1) is 13.3. The van der Waals surface area contributed by atoms with Crippen LogP contribution in [0.2, 0.25) is 0 Å². The molecule has 0 unspecified atom stereocenters. The van der Waals surface area contributed by atoms with Crippen molar-refractivity contribution in [2.24, 2.45) is 10.9 Å². The van der Waals surface area contributed by atoms with Crippen LogP contribution in [0.1, 0.15) is 31.5 Å². The third-order valence-electron chi connectivity index (χ3n) is 2.57. The Balaban J connectivity index is 3.22. The Bertz CT molecular complexity index is 403. The second-order valence-electron chi connectivity index (χ2n) is 3.89. The summed E-state index contributed by atoms with van der Waals surface area (Å²) in [6.45, 7) is 7.85. The summed E-state index contributed by atoms with van der Waals surface area (Å²) < 4.78 is 0. The van der Waals surface area contributed by atoms with Crippen molar-refractivity contribution in [3.63, 3.8) is 0 Å². The number of hydrogen-bond acceptors (Lipinski definition) is 4. The smallest absolute Gasteiger partial charge is 0.173 e. The molecule has 1 aromatic heterocycles. The van der Waals surface area contributed by atoms with Gasteiger partial charge in [-0.2, -0.15) is 0 Å². The van der Waals surface area contributed by atoms with E-state index in [1.54, 1.807) is 0 Å². The number of hydrogen-bond donors (Lipinski definition) is 2. The van der Waals surface area contributed by atoms with Gasteiger partial charge in [0, 0.05) is 18.8 Å². The zero-order valence-electron chi connectivity index (χ0n) is 10.6. The van der Waals surface area contributed by atoms with Gasteiger partial charge in [0.15, 0.2) is 5.84 Å². The van der Waals surface area contributed by atoms with E-state index in [0.29, 0.717) is 5.56 Å². The van der Waals surface area contributed by atoms with E-state index in [4.69, 9.17) is 10.9 Å². The Morgan fingerprint density at radius 2 is 2.18 bits per heavy atom. The summed E-state index contributed by atoms with van der Waals surface area (Å²) in [5.41, 5.74) is 7.26. The molecule has 1 rings (SSSR count). The Hall–Kier alpha value is -1.78. The number of anilines is 1. The number of aromatic nitrogens is 1. The molecule has 0 saturated carbocycles. The first-order chi connectivity index (χ1) is 8.13. The highest BCUT2D eigenvalue weighted by Crippen LogP contribution is 2.18. The lowest BCUT2D eigenvalue weighted by atomic mass is 10.2. The monoisotopic (exact) mass is 236 g/mol. The van der Waals surface area contributed by atoms with Gasteiger partial charge in [0.1, 0.15) is 5.82 Å². The van der Waals surface area contributed by atoms with Gasteiger partial charge in [-0.1, -0.05) is 12.1 Å². The van der Waals surface area contributed by atoms with Crippen molar-refractivity contribution in [1.82, 2.24) is 4.98 Å². The van der Waals surface area contributed by atoms with Crippen molar-refractivity contribution in [2.45, 2.75) is 27.2 Å². The van der Waals surface area contributed by atoms with E-state index in [2.05, 4.69) is 28.9 Å². The molecular weight excluding hydrogens is 216 g/mol. The number of aryl methyl sites for hydroxylation is 1. The summed E-state index contributed by atoms with van der Waals surface area (Å²) in [7, 11) is 0. The molecule has 0 atom stereocenters. The van der Waals surface area contributed by atoms with E-state index in [-0.39, 0.29) is 5.84 Å². The molecule has 1 heterocycles. The van der Waals surface area contributed by atoms with Crippen LogP contribution in [0.15, 0.2) is 17.3 Å². The Labute approximate surface area is 102 Å². The lowest BCUT2D eigenvalue weighted by molar-refractivity contribution is 0.318. The van der Waals surface area contributed by atoms with Crippen LogP contribution in [0.5, 0.6) is 0 Å². The Morgan fingerprint density at radius 1 is 1.47 bits per heavy atom. The van der Waals surface area contributed by atoms with Crippen LogP contribution in [0.4, 0.5) is 5.82 Å². The first-order valence-electron chi connectivity index (χ1n) is 5.84. The molecule has 0 saturated heterocycles. The molecule has 5 heteroatoms. The Kier molecular flexibility index (Phi) is 4.75. The van der Waals surface area contributed by atoms with Crippen LogP contribution >= 0.6 is 0 Å². The molecule has 0 spiro atoms. The van der Waals surface area contributed by atoms with E-state index < -0.39 is 0 Å². The van der Waals surface area contributed by atoms with Crippen molar-refractivity contribution in [1.29, 1.82) is 0 Å². The lowest BCUT2D eigenvalue weighted by Gasteiger charge is -2.23. The zero-order chi connectivity index (χ0) is 12.8. The number of amidine groups is 1. The minimum absolute atomic E-state index is 0.0991. The fourth-order valence-electron chi connectivity index (χ4n) is 1.72. The van der Waals surface area contributed by atoms with Gasteiger partial charge in [-0.25, -0.2) is 4.98 Å². The molecule has 3 N–H and O–H groups in total. The van der Waals surface area contributed by atoms with Crippen molar-refractivity contribution in [3.05, 3.63) is 23.4 Å². The van der Waals surface area contributed by atoms with E-state index in [1.807, 2.05) is 19.1 Å². The van der Waals surface area contributed by atoms with Crippen molar-refractivity contribution in [2.75, 3.05) is 18.0 Å². The van der Waals surface area contributed by atoms with Crippen LogP contribution in [-0.4, -0.2) is 29.1 Å². The van der Waals surface area contributed by atoms with Crippen LogP contribution in [-0.2, 0) is 0 Å². The van der Waals surface area contributed by atoms with Crippen LogP contribution in [0.3, 0.4) is 0 Å². The fourth-order valence-corrected chi connectivity index (χ4v) is 1.72. The Morgan fingerprint density at radius 3 is 2.71 bits per heavy atom. The standard InChI is InChI=1S/C12H20N4O/c1-4-8-16(5-2)12-10(11(13)15-17)7-6-9(3)14-12/h6-7,17H,4-5,8H2,1-3H3,(H2,13,15). The summed E-state index contributed by atoms with van der Waals surface area (Å²) in [4.78, 5) is 6.61. The second-order valence-corrected chi connectivity index (χ2v) is 3.89. The highest BCUT2D eigenvalue weighted by molar-refractivity contribution is 6.01. The van der Waals surface area contributed by atoms with Gasteiger partial charge in [-0.15, -0.1) is 0 Å². The highest BCUT2D eigenvalue weighted by Gasteiger charge is 2.14. The summed E-state index contributed by atoms with van der Waals surface area (Å²) in [5.74, 6) is 0.881. The van der Waals surface area contributed by atoms with E-state index in [1.165, 1.54) is 0 Å². The van der Waals surface area contributed by atoms with E-state index >= 15 is 0 Å². The molecular formula is C12H20N4O. The van der Waals surface area contributed by atoms with Gasteiger partial charge >= 0.3 is 0 Å². The number of nitrogens with two attached hydrogens (primary N) is 1. The molecule has 0 aromatic carbocycles. The van der Waals surface area contributed by atoms with Crippen molar-refractivity contribution in [3.8, 4) is 0 Å². The average molecular weight is 236 g/mol. The fraction of sp³-hybridized carbons (Fsp3) is 0.500. The quantitative estimate of drug-likeness (QED) is 0.353. The first-order valence-corrected chi connectivity index (χ1v) is 5.84. The molecule has 1 aromatic rings.